The number of halogens is 4. The second-order valence-corrected chi connectivity index (χ2v) is 4.96. The van der Waals surface area contributed by atoms with E-state index in [-0.39, 0.29) is 16.8 Å². The zero-order valence-corrected chi connectivity index (χ0v) is 13.7. The summed E-state index contributed by atoms with van der Waals surface area (Å²) in [6, 6.07) is 7.65. The fourth-order valence-corrected chi connectivity index (χ4v) is 1.96. The number of nitrogens with zero attached hydrogens (tertiary/aromatic N) is 2. The van der Waals surface area contributed by atoms with Gasteiger partial charge in [-0.1, -0.05) is 0 Å². The molecule has 0 unspecified atom stereocenters. The average molecular weight is 401 g/mol. The molecule has 0 aromatic heterocycles. The Kier molecular flexibility index (Phi) is 6.84. The van der Waals surface area contributed by atoms with Gasteiger partial charge in [-0.05, 0) is 24.3 Å². The number of hydrogen-bond acceptors (Lipinski definition) is 6. The third-order valence-electron chi connectivity index (χ3n) is 3.14. The molecule has 8 nitrogen and oxygen atoms in total. The van der Waals surface area contributed by atoms with Gasteiger partial charge >= 0.3 is 13.2 Å². The van der Waals surface area contributed by atoms with Crippen LogP contribution in [0.3, 0.4) is 0 Å². The molecule has 12 heteroatoms. The van der Waals surface area contributed by atoms with Crippen molar-refractivity contribution < 1.29 is 36.8 Å². The Morgan fingerprint density at radius 1 is 1.07 bits per heavy atom. The number of hydrazone groups is 1. The molecule has 0 aliphatic carbocycles. The molecule has 0 spiro atoms. The van der Waals surface area contributed by atoms with Gasteiger partial charge < -0.3 is 9.47 Å². The molecule has 0 atom stereocenters. The first-order chi connectivity index (χ1) is 13.3. The van der Waals surface area contributed by atoms with E-state index in [0.717, 1.165) is 36.5 Å². The number of rotatable bonds is 8. The second kappa shape index (κ2) is 9.30. The summed E-state index contributed by atoms with van der Waals surface area (Å²) in [6.07, 6.45) is 0.952. The van der Waals surface area contributed by atoms with E-state index in [9.17, 15) is 32.5 Å². The van der Waals surface area contributed by atoms with E-state index in [1.54, 1.807) is 0 Å². The van der Waals surface area contributed by atoms with Crippen LogP contribution < -0.4 is 14.9 Å². The molecule has 0 saturated carbocycles. The molecule has 1 amide bonds. The lowest BCUT2D eigenvalue weighted by atomic mass is 10.2. The van der Waals surface area contributed by atoms with E-state index in [0.29, 0.717) is 0 Å². The van der Waals surface area contributed by atoms with Crippen LogP contribution in [0.5, 0.6) is 11.5 Å². The Labute approximate surface area is 154 Å². The molecule has 2 aromatic carbocycles. The van der Waals surface area contributed by atoms with Crippen LogP contribution in [0.25, 0.3) is 0 Å². The number of ether oxygens (including phenoxy) is 2. The Balaban J connectivity index is 2.11. The first-order valence-corrected chi connectivity index (χ1v) is 7.38. The van der Waals surface area contributed by atoms with Crippen molar-refractivity contribution in [3.05, 3.63) is 63.7 Å². The normalized spacial score (nSPS) is 11.1. The second-order valence-electron chi connectivity index (χ2n) is 4.96. The molecule has 0 radical (unpaired) electrons. The number of carbonyl (C=O) groups excluding carboxylic acids is 1. The molecule has 0 fully saturated rings. The highest BCUT2D eigenvalue weighted by Crippen LogP contribution is 2.26. The number of amides is 1. The van der Waals surface area contributed by atoms with Crippen LogP contribution in [0.4, 0.5) is 23.2 Å². The van der Waals surface area contributed by atoms with Crippen LogP contribution in [0.2, 0.25) is 0 Å². The molecule has 0 aliphatic heterocycles. The zero-order valence-electron chi connectivity index (χ0n) is 13.7. The van der Waals surface area contributed by atoms with Gasteiger partial charge in [0.25, 0.3) is 11.6 Å². The summed E-state index contributed by atoms with van der Waals surface area (Å²) < 4.78 is 57.7. The Bertz CT molecular complexity index is 875. The number of carbonyl (C=O) groups is 1. The molecule has 0 bridgehead atoms. The van der Waals surface area contributed by atoms with Gasteiger partial charge in [-0.2, -0.15) is 22.7 Å². The molecule has 0 aliphatic rings. The number of nitrogens with one attached hydrogen (secondary N) is 1. The topological polar surface area (TPSA) is 103 Å². The van der Waals surface area contributed by atoms with Gasteiger partial charge in [-0.25, -0.2) is 5.43 Å². The Morgan fingerprint density at radius 3 is 2.29 bits per heavy atom. The van der Waals surface area contributed by atoms with Crippen molar-refractivity contribution in [3.63, 3.8) is 0 Å². The number of benzene rings is 2. The van der Waals surface area contributed by atoms with Crippen molar-refractivity contribution in [2.24, 2.45) is 5.10 Å². The van der Waals surface area contributed by atoms with Crippen molar-refractivity contribution in [3.8, 4) is 11.5 Å². The maximum absolute atomic E-state index is 12.5. The third-order valence-corrected chi connectivity index (χ3v) is 3.14. The van der Waals surface area contributed by atoms with Gasteiger partial charge in [0.1, 0.15) is 11.5 Å². The van der Waals surface area contributed by atoms with Crippen LogP contribution in [0.1, 0.15) is 15.9 Å². The zero-order chi connectivity index (χ0) is 20.7. The molecule has 0 heterocycles. The minimum Gasteiger partial charge on any atom is -0.435 e. The number of nitro benzene ring substituents is 1. The largest absolute Gasteiger partial charge is 0.435 e. The molecule has 28 heavy (non-hydrogen) atoms. The van der Waals surface area contributed by atoms with Crippen molar-refractivity contribution in [2.45, 2.75) is 13.2 Å². The summed E-state index contributed by atoms with van der Waals surface area (Å²) in [5.41, 5.74) is 1.89. The fourth-order valence-electron chi connectivity index (χ4n) is 1.96. The summed E-state index contributed by atoms with van der Waals surface area (Å²) in [6.45, 7) is -6.39. The maximum atomic E-state index is 12.5. The first kappa shape index (κ1) is 20.6. The molecular formula is C16H11F4N3O5. The van der Waals surface area contributed by atoms with E-state index in [1.807, 2.05) is 0 Å². The summed E-state index contributed by atoms with van der Waals surface area (Å²) >= 11 is 0. The summed E-state index contributed by atoms with van der Waals surface area (Å²) in [5, 5.41) is 14.1. The lowest BCUT2D eigenvalue weighted by Gasteiger charge is -2.10. The van der Waals surface area contributed by atoms with Crippen LogP contribution in [0.15, 0.2) is 47.6 Å². The highest BCUT2D eigenvalue weighted by atomic mass is 19.3. The van der Waals surface area contributed by atoms with Gasteiger partial charge in [-0.3, -0.25) is 14.9 Å². The lowest BCUT2D eigenvalue weighted by Crippen LogP contribution is -2.17. The third kappa shape index (κ3) is 5.93. The van der Waals surface area contributed by atoms with Crippen molar-refractivity contribution in [2.75, 3.05) is 0 Å². The highest BCUT2D eigenvalue weighted by Gasteiger charge is 2.13. The van der Waals surface area contributed by atoms with E-state index in [2.05, 4.69) is 20.0 Å². The van der Waals surface area contributed by atoms with Crippen molar-refractivity contribution >= 4 is 17.8 Å². The maximum Gasteiger partial charge on any atom is 0.387 e. The van der Waals surface area contributed by atoms with E-state index < -0.39 is 35.6 Å². The SMILES string of the molecule is O=C(N/N=C\c1ccc(OC(F)F)cc1OC(F)F)c1ccc([N+](=O)[O-])cc1. The minimum absolute atomic E-state index is 0.0501. The lowest BCUT2D eigenvalue weighted by molar-refractivity contribution is -0.384. The van der Waals surface area contributed by atoms with Crippen LogP contribution >= 0.6 is 0 Å². The predicted octanol–water partition coefficient (Wildman–Crippen LogP) is 3.56. The average Bonchev–Trinajstić information content (AvgIpc) is 2.62. The van der Waals surface area contributed by atoms with Gasteiger partial charge in [0.05, 0.1) is 11.1 Å². The molecule has 1 N–H and O–H groups in total. The molecular weight excluding hydrogens is 390 g/mol. The Morgan fingerprint density at radius 2 is 1.71 bits per heavy atom. The predicted molar refractivity (Wildman–Crippen MR) is 87.9 cm³/mol. The standard InChI is InChI=1S/C16H11F4N3O5/c17-15(18)27-12-6-3-10(13(7-12)28-16(19)20)8-21-22-14(24)9-1-4-11(5-2-9)23(25)26/h1-8,15-16H,(H,22,24)/b21-8-. The van der Waals surface area contributed by atoms with Gasteiger partial charge in [0.2, 0.25) is 0 Å². The fraction of sp³-hybridized carbons (Fsp3) is 0.125. The number of nitro groups is 1. The van der Waals surface area contributed by atoms with Gasteiger partial charge in [-0.15, -0.1) is 0 Å². The van der Waals surface area contributed by atoms with Crippen molar-refractivity contribution in [1.29, 1.82) is 0 Å². The van der Waals surface area contributed by atoms with Gasteiger partial charge in [0.15, 0.2) is 0 Å². The molecule has 2 rings (SSSR count). The minimum atomic E-state index is -3.23. The number of alkyl halides is 4. The number of hydrogen-bond donors (Lipinski definition) is 1. The number of non-ortho nitro benzene ring substituents is 1. The molecule has 148 valence electrons. The van der Waals surface area contributed by atoms with Crippen LogP contribution in [-0.4, -0.2) is 30.3 Å². The van der Waals surface area contributed by atoms with Crippen LogP contribution in [0, 0.1) is 10.1 Å². The van der Waals surface area contributed by atoms with Crippen LogP contribution in [-0.2, 0) is 0 Å². The molecule has 2 aromatic rings. The quantitative estimate of drug-likeness (QED) is 0.315. The van der Waals surface area contributed by atoms with E-state index in [1.165, 1.54) is 12.1 Å². The smallest absolute Gasteiger partial charge is 0.387 e. The van der Waals surface area contributed by atoms with Crippen molar-refractivity contribution in [1.82, 2.24) is 5.43 Å². The summed E-state index contributed by atoms with van der Waals surface area (Å²) in [5.74, 6) is -1.63. The monoisotopic (exact) mass is 401 g/mol. The Hall–Kier alpha value is -3.70. The van der Waals surface area contributed by atoms with E-state index >= 15 is 0 Å². The van der Waals surface area contributed by atoms with E-state index in [4.69, 9.17) is 0 Å². The first-order valence-electron chi connectivity index (χ1n) is 7.38. The van der Waals surface area contributed by atoms with Gasteiger partial charge in [0, 0.05) is 29.3 Å². The molecule has 0 saturated heterocycles. The summed E-state index contributed by atoms with van der Waals surface area (Å²) in [7, 11) is 0. The summed E-state index contributed by atoms with van der Waals surface area (Å²) in [4.78, 5) is 21.8. The highest BCUT2D eigenvalue weighted by molar-refractivity contribution is 5.95.